The molecule has 0 spiro atoms. The van der Waals surface area contributed by atoms with E-state index in [9.17, 15) is 4.79 Å². The number of nitrogens with one attached hydrogen (secondary N) is 1. The van der Waals surface area contributed by atoms with E-state index in [0.717, 1.165) is 41.5 Å². The summed E-state index contributed by atoms with van der Waals surface area (Å²) in [5.74, 6) is 1.49. The highest BCUT2D eigenvalue weighted by molar-refractivity contribution is 7.99. The van der Waals surface area contributed by atoms with Crippen LogP contribution in [-0.4, -0.2) is 46.6 Å². The Balaban J connectivity index is 1.52. The lowest BCUT2D eigenvalue weighted by Crippen LogP contribution is -2.21. The Labute approximate surface area is 220 Å². The van der Waals surface area contributed by atoms with Crippen LogP contribution in [0.2, 0.25) is 5.02 Å². The molecule has 0 atom stereocenters. The molecule has 0 saturated carbocycles. The summed E-state index contributed by atoms with van der Waals surface area (Å²) in [6.07, 6.45) is 0. The third-order valence-corrected chi connectivity index (χ3v) is 6.86. The van der Waals surface area contributed by atoms with Crippen molar-refractivity contribution < 1.29 is 9.53 Å². The zero-order valence-electron chi connectivity index (χ0n) is 20.4. The molecule has 0 fully saturated rings. The highest BCUT2D eigenvalue weighted by atomic mass is 35.5. The number of amides is 1. The average molecular weight is 522 g/mol. The summed E-state index contributed by atoms with van der Waals surface area (Å²) in [6.45, 7) is 6.12. The number of thioether (sulfide) groups is 1. The number of ether oxygens (including phenoxy) is 1. The zero-order valence-corrected chi connectivity index (χ0v) is 22.0. The maximum absolute atomic E-state index is 12.7. The number of nitrogens with zero attached hydrogens (tertiary/aromatic N) is 4. The van der Waals surface area contributed by atoms with Crippen molar-refractivity contribution >= 4 is 40.6 Å². The van der Waals surface area contributed by atoms with Gasteiger partial charge in [-0.15, -0.1) is 10.2 Å². The number of halogens is 1. The highest BCUT2D eigenvalue weighted by Crippen LogP contribution is 2.30. The van der Waals surface area contributed by atoms with Crippen molar-refractivity contribution in [3.8, 4) is 22.8 Å². The standard InChI is InChI=1S/C27H28ClN5O2S/c1-4-32(5-2)22-14-10-21(11-15-22)29-25(34)18-36-27-31-30-26(19-6-16-24(35-3)17-7-19)33(27)23-12-8-20(28)9-13-23/h6-17H,4-5,18H2,1-3H3,(H,29,34). The fraction of sp³-hybridized carbons (Fsp3) is 0.222. The van der Waals surface area contributed by atoms with Gasteiger partial charge in [0.05, 0.1) is 12.9 Å². The molecule has 186 valence electrons. The molecule has 0 unspecified atom stereocenters. The van der Waals surface area contributed by atoms with Gasteiger partial charge in [0.2, 0.25) is 5.91 Å². The lowest BCUT2D eigenvalue weighted by molar-refractivity contribution is -0.113. The van der Waals surface area contributed by atoms with Crippen LogP contribution in [0, 0.1) is 0 Å². The van der Waals surface area contributed by atoms with Gasteiger partial charge in [0.25, 0.3) is 0 Å². The van der Waals surface area contributed by atoms with Crippen molar-refractivity contribution in [2.75, 3.05) is 36.2 Å². The zero-order chi connectivity index (χ0) is 25.5. The molecule has 4 rings (SSSR count). The van der Waals surface area contributed by atoms with E-state index in [4.69, 9.17) is 16.3 Å². The van der Waals surface area contributed by atoms with E-state index in [-0.39, 0.29) is 11.7 Å². The number of anilines is 2. The van der Waals surface area contributed by atoms with Crippen LogP contribution in [0.4, 0.5) is 11.4 Å². The van der Waals surface area contributed by atoms with Gasteiger partial charge in [-0.25, -0.2) is 0 Å². The van der Waals surface area contributed by atoms with Crippen molar-refractivity contribution in [1.29, 1.82) is 0 Å². The summed E-state index contributed by atoms with van der Waals surface area (Å²) in [5.41, 5.74) is 3.62. The fourth-order valence-electron chi connectivity index (χ4n) is 3.78. The Hall–Kier alpha value is -3.49. The fourth-order valence-corrected chi connectivity index (χ4v) is 4.66. The third-order valence-electron chi connectivity index (χ3n) is 5.68. The molecule has 1 N–H and O–H groups in total. The molecule has 3 aromatic carbocycles. The summed E-state index contributed by atoms with van der Waals surface area (Å²) >= 11 is 7.43. The first-order valence-corrected chi connectivity index (χ1v) is 13.0. The summed E-state index contributed by atoms with van der Waals surface area (Å²) in [5, 5.41) is 13.0. The molecule has 1 aromatic heterocycles. The molecule has 36 heavy (non-hydrogen) atoms. The van der Waals surface area contributed by atoms with Gasteiger partial charge in [0.1, 0.15) is 5.75 Å². The molecular weight excluding hydrogens is 494 g/mol. The molecular formula is C27H28ClN5O2S. The van der Waals surface area contributed by atoms with Crippen molar-refractivity contribution in [2.24, 2.45) is 0 Å². The van der Waals surface area contributed by atoms with Crippen LogP contribution in [0.5, 0.6) is 5.75 Å². The minimum absolute atomic E-state index is 0.118. The topological polar surface area (TPSA) is 72.3 Å². The van der Waals surface area contributed by atoms with Crippen LogP contribution in [0.15, 0.2) is 78.0 Å². The van der Waals surface area contributed by atoms with Crippen molar-refractivity contribution in [3.63, 3.8) is 0 Å². The molecule has 0 radical (unpaired) electrons. The van der Waals surface area contributed by atoms with Gasteiger partial charge >= 0.3 is 0 Å². The maximum atomic E-state index is 12.7. The number of rotatable bonds is 10. The Morgan fingerprint density at radius 3 is 2.25 bits per heavy atom. The van der Waals surface area contributed by atoms with Crippen LogP contribution in [0.25, 0.3) is 17.1 Å². The third kappa shape index (κ3) is 6.01. The first kappa shape index (κ1) is 25.6. The molecule has 0 aliphatic heterocycles. The Morgan fingerprint density at radius 2 is 1.64 bits per heavy atom. The number of aromatic nitrogens is 3. The molecule has 4 aromatic rings. The Bertz CT molecular complexity index is 1290. The lowest BCUT2D eigenvalue weighted by Gasteiger charge is -2.21. The summed E-state index contributed by atoms with van der Waals surface area (Å²) in [4.78, 5) is 15.0. The second kappa shape index (κ2) is 12.0. The largest absolute Gasteiger partial charge is 0.497 e. The monoisotopic (exact) mass is 521 g/mol. The van der Waals surface area contributed by atoms with Gasteiger partial charge in [-0.05, 0) is 86.6 Å². The molecule has 0 aliphatic rings. The van der Waals surface area contributed by atoms with Gasteiger partial charge in [-0.2, -0.15) is 0 Å². The van der Waals surface area contributed by atoms with Crippen LogP contribution >= 0.6 is 23.4 Å². The molecule has 7 nitrogen and oxygen atoms in total. The van der Waals surface area contributed by atoms with E-state index in [1.165, 1.54) is 11.8 Å². The maximum Gasteiger partial charge on any atom is 0.234 e. The van der Waals surface area contributed by atoms with Crippen molar-refractivity contribution in [1.82, 2.24) is 14.8 Å². The normalized spacial score (nSPS) is 10.8. The number of carbonyl (C=O) groups is 1. The number of carbonyl (C=O) groups excluding carboxylic acids is 1. The van der Waals surface area contributed by atoms with Gasteiger partial charge < -0.3 is 15.0 Å². The van der Waals surface area contributed by atoms with Gasteiger partial charge in [-0.3, -0.25) is 9.36 Å². The van der Waals surface area contributed by atoms with Crippen LogP contribution < -0.4 is 15.0 Å². The number of benzene rings is 3. The van der Waals surface area contributed by atoms with Crippen LogP contribution in [0.1, 0.15) is 13.8 Å². The molecule has 1 amide bonds. The smallest absolute Gasteiger partial charge is 0.234 e. The van der Waals surface area contributed by atoms with Gasteiger partial charge in [-0.1, -0.05) is 23.4 Å². The highest BCUT2D eigenvalue weighted by Gasteiger charge is 2.18. The lowest BCUT2D eigenvalue weighted by atomic mass is 10.2. The first-order chi connectivity index (χ1) is 17.5. The SMILES string of the molecule is CCN(CC)c1ccc(NC(=O)CSc2nnc(-c3ccc(OC)cc3)n2-c2ccc(Cl)cc2)cc1. The summed E-state index contributed by atoms with van der Waals surface area (Å²) in [6, 6.07) is 22.9. The van der Waals surface area contributed by atoms with E-state index < -0.39 is 0 Å². The average Bonchev–Trinajstić information content (AvgIpc) is 3.33. The van der Waals surface area contributed by atoms with Crippen LogP contribution in [0.3, 0.4) is 0 Å². The van der Waals surface area contributed by atoms with E-state index >= 15 is 0 Å². The Kier molecular flexibility index (Phi) is 8.51. The van der Waals surface area contributed by atoms with Crippen molar-refractivity contribution in [2.45, 2.75) is 19.0 Å². The Morgan fingerprint density at radius 1 is 0.972 bits per heavy atom. The minimum Gasteiger partial charge on any atom is -0.497 e. The minimum atomic E-state index is -0.118. The van der Waals surface area contributed by atoms with E-state index in [1.807, 2.05) is 77.4 Å². The van der Waals surface area contributed by atoms with E-state index in [1.54, 1.807) is 7.11 Å². The number of hydrogen-bond acceptors (Lipinski definition) is 6. The molecule has 0 saturated heterocycles. The van der Waals surface area contributed by atoms with E-state index in [0.29, 0.717) is 16.0 Å². The van der Waals surface area contributed by atoms with Gasteiger partial charge in [0.15, 0.2) is 11.0 Å². The molecule has 1 heterocycles. The number of hydrogen-bond donors (Lipinski definition) is 1. The molecule has 0 aliphatic carbocycles. The summed E-state index contributed by atoms with van der Waals surface area (Å²) < 4.78 is 7.20. The second-order valence-electron chi connectivity index (χ2n) is 7.90. The number of methoxy groups -OCH3 is 1. The second-order valence-corrected chi connectivity index (χ2v) is 9.28. The predicted octanol–water partition coefficient (Wildman–Crippen LogP) is 6.17. The molecule has 9 heteroatoms. The van der Waals surface area contributed by atoms with Gasteiger partial charge in [0, 0.05) is 40.7 Å². The quantitative estimate of drug-likeness (QED) is 0.251. The predicted molar refractivity (Wildman–Crippen MR) is 148 cm³/mol. The van der Waals surface area contributed by atoms with Crippen LogP contribution in [-0.2, 0) is 4.79 Å². The van der Waals surface area contributed by atoms with E-state index in [2.05, 4.69) is 34.3 Å². The molecule has 0 bridgehead atoms. The first-order valence-electron chi connectivity index (χ1n) is 11.7. The summed E-state index contributed by atoms with van der Waals surface area (Å²) in [7, 11) is 1.63. The van der Waals surface area contributed by atoms with Crippen molar-refractivity contribution in [3.05, 3.63) is 77.8 Å².